The Labute approximate surface area is 105 Å². The number of terminal acetylenes is 1. The zero-order chi connectivity index (χ0) is 12.7. The van der Waals surface area contributed by atoms with Crippen LogP contribution in [0.3, 0.4) is 0 Å². The summed E-state index contributed by atoms with van der Waals surface area (Å²) in [7, 11) is 0. The molecule has 1 N–H and O–H groups in total. The number of hydrogen-bond donors (Lipinski definition) is 1. The van der Waals surface area contributed by atoms with E-state index in [1.807, 2.05) is 0 Å². The van der Waals surface area contributed by atoms with E-state index in [1.165, 1.54) is 18.2 Å². The van der Waals surface area contributed by atoms with Crippen molar-refractivity contribution >= 4 is 17.3 Å². The molecule has 4 nitrogen and oxygen atoms in total. The fourth-order valence-corrected chi connectivity index (χ4v) is 1.53. The molecule has 0 bridgehead atoms. The standard InChI is InChI=1S/C12H13ClN2O2/c1-2-3-4-7-14-9-10-8-11(15(16)17)5-6-12(10)13/h1,5-6,8,14H,3-4,7,9H2. The lowest BCUT2D eigenvalue weighted by atomic mass is 10.2. The lowest BCUT2D eigenvalue weighted by Gasteiger charge is -2.05. The van der Waals surface area contributed by atoms with E-state index in [0.29, 0.717) is 11.6 Å². The van der Waals surface area contributed by atoms with Crippen molar-refractivity contribution in [2.45, 2.75) is 19.4 Å². The predicted octanol–water partition coefficient (Wildman–Crippen LogP) is 2.75. The number of benzene rings is 1. The van der Waals surface area contributed by atoms with Crippen LogP contribution in [0.15, 0.2) is 18.2 Å². The monoisotopic (exact) mass is 252 g/mol. The van der Waals surface area contributed by atoms with Gasteiger partial charge in [-0.3, -0.25) is 10.1 Å². The number of hydrogen-bond acceptors (Lipinski definition) is 3. The summed E-state index contributed by atoms with van der Waals surface area (Å²) >= 11 is 5.95. The summed E-state index contributed by atoms with van der Waals surface area (Å²) in [5, 5.41) is 14.3. The average molecular weight is 253 g/mol. The molecule has 0 aromatic heterocycles. The second kappa shape index (κ2) is 6.89. The lowest BCUT2D eigenvalue weighted by Crippen LogP contribution is -2.14. The van der Waals surface area contributed by atoms with Crippen molar-refractivity contribution in [2.24, 2.45) is 0 Å². The third kappa shape index (κ3) is 4.43. The molecule has 0 aliphatic rings. The van der Waals surface area contributed by atoms with Crippen LogP contribution in [0.5, 0.6) is 0 Å². The maximum absolute atomic E-state index is 10.6. The highest BCUT2D eigenvalue weighted by Crippen LogP contribution is 2.21. The molecule has 0 amide bonds. The van der Waals surface area contributed by atoms with Gasteiger partial charge in [0.1, 0.15) is 0 Å². The number of nitrogens with zero attached hydrogens (tertiary/aromatic N) is 1. The number of nitrogens with one attached hydrogen (secondary N) is 1. The van der Waals surface area contributed by atoms with E-state index in [2.05, 4.69) is 11.2 Å². The number of non-ortho nitro benzene ring substituents is 1. The third-order valence-electron chi connectivity index (χ3n) is 2.23. The Balaban J connectivity index is 2.55. The number of unbranched alkanes of at least 4 members (excludes halogenated alkanes) is 1. The highest BCUT2D eigenvalue weighted by atomic mass is 35.5. The molecule has 0 unspecified atom stereocenters. The minimum atomic E-state index is -0.432. The Bertz CT molecular complexity index is 441. The molecule has 1 rings (SSSR count). The third-order valence-corrected chi connectivity index (χ3v) is 2.60. The van der Waals surface area contributed by atoms with Gasteiger partial charge >= 0.3 is 0 Å². The number of nitro benzene ring substituents is 1. The van der Waals surface area contributed by atoms with Crippen LogP contribution in [0.2, 0.25) is 5.02 Å². The molecule has 0 saturated heterocycles. The van der Waals surface area contributed by atoms with E-state index in [-0.39, 0.29) is 5.69 Å². The van der Waals surface area contributed by atoms with Crippen LogP contribution in [0.4, 0.5) is 5.69 Å². The molecule has 90 valence electrons. The molecule has 0 aliphatic carbocycles. The van der Waals surface area contributed by atoms with Crippen molar-refractivity contribution < 1.29 is 4.92 Å². The average Bonchev–Trinajstić information content (AvgIpc) is 2.30. The van der Waals surface area contributed by atoms with Gasteiger partial charge in [0.25, 0.3) is 5.69 Å². The minimum absolute atomic E-state index is 0.0508. The van der Waals surface area contributed by atoms with Gasteiger partial charge in [-0.1, -0.05) is 11.6 Å². The van der Waals surface area contributed by atoms with Crippen molar-refractivity contribution in [3.63, 3.8) is 0 Å². The first-order valence-electron chi connectivity index (χ1n) is 5.22. The van der Waals surface area contributed by atoms with Gasteiger partial charge < -0.3 is 5.32 Å². The molecule has 0 radical (unpaired) electrons. The molecule has 0 saturated carbocycles. The van der Waals surface area contributed by atoms with E-state index in [1.54, 1.807) is 0 Å². The molecule has 5 heteroatoms. The first-order chi connectivity index (χ1) is 8.15. The van der Waals surface area contributed by atoms with Crippen LogP contribution < -0.4 is 5.32 Å². The summed E-state index contributed by atoms with van der Waals surface area (Å²) in [5.41, 5.74) is 0.774. The zero-order valence-corrected chi connectivity index (χ0v) is 10.0. The molecule has 0 aliphatic heterocycles. The summed E-state index contributed by atoms with van der Waals surface area (Å²) < 4.78 is 0. The van der Waals surface area contributed by atoms with E-state index < -0.39 is 4.92 Å². The van der Waals surface area contributed by atoms with Gasteiger partial charge in [0.05, 0.1) is 4.92 Å². The Hall–Kier alpha value is -1.57. The van der Waals surface area contributed by atoms with Gasteiger partial charge in [0, 0.05) is 30.1 Å². The normalized spacial score (nSPS) is 9.88. The lowest BCUT2D eigenvalue weighted by molar-refractivity contribution is -0.384. The molecule has 17 heavy (non-hydrogen) atoms. The Morgan fingerprint density at radius 1 is 1.53 bits per heavy atom. The predicted molar refractivity (Wildman–Crippen MR) is 67.9 cm³/mol. The highest BCUT2D eigenvalue weighted by Gasteiger charge is 2.08. The van der Waals surface area contributed by atoms with E-state index >= 15 is 0 Å². The first-order valence-corrected chi connectivity index (χ1v) is 5.60. The van der Waals surface area contributed by atoms with E-state index in [4.69, 9.17) is 18.0 Å². The van der Waals surface area contributed by atoms with Crippen molar-refractivity contribution in [1.29, 1.82) is 0 Å². The second-order valence-corrected chi connectivity index (χ2v) is 3.92. The van der Waals surface area contributed by atoms with Crippen molar-refractivity contribution in [1.82, 2.24) is 5.32 Å². The molecule has 0 atom stereocenters. The van der Waals surface area contributed by atoms with E-state index in [9.17, 15) is 10.1 Å². The van der Waals surface area contributed by atoms with Gasteiger partial charge in [0.2, 0.25) is 0 Å². The molecule has 0 fully saturated rings. The van der Waals surface area contributed by atoms with Crippen LogP contribution in [0, 0.1) is 22.5 Å². The topological polar surface area (TPSA) is 55.2 Å². The molecule has 1 aromatic rings. The Morgan fingerprint density at radius 2 is 2.29 bits per heavy atom. The van der Waals surface area contributed by atoms with Crippen molar-refractivity contribution in [3.8, 4) is 12.3 Å². The van der Waals surface area contributed by atoms with Crippen LogP contribution in [0.1, 0.15) is 18.4 Å². The Morgan fingerprint density at radius 3 is 2.94 bits per heavy atom. The fourth-order valence-electron chi connectivity index (χ4n) is 1.35. The Kier molecular flexibility index (Phi) is 5.47. The number of rotatable bonds is 6. The van der Waals surface area contributed by atoms with Crippen LogP contribution in [-0.2, 0) is 6.54 Å². The smallest absolute Gasteiger partial charge is 0.269 e. The van der Waals surface area contributed by atoms with Gasteiger partial charge in [-0.05, 0) is 24.6 Å². The van der Waals surface area contributed by atoms with Crippen molar-refractivity contribution in [3.05, 3.63) is 38.9 Å². The molecular weight excluding hydrogens is 240 g/mol. The van der Waals surface area contributed by atoms with E-state index in [0.717, 1.165) is 24.9 Å². The van der Waals surface area contributed by atoms with Gasteiger partial charge in [-0.2, -0.15) is 0 Å². The summed E-state index contributed by atoms with van der Waals surface area (Å²) in [5.74, 6) is 2.55. The highest BCUT2D eigenvalue weighted by molar-refractivity contribution is 6.31. The SMILES string of the molecule is C#CCCCNCc1cc([N+](=O)[O-])ccc1Cl. The number of nitro groups is 1. The zero-order valence-electron chi connectivity index (χ0n) is 9.28. The molecular formula is C12H13ClN2O2. The molecule has 0 spiro atoms. The summed E-state index contributed by atoms with van der Waals surface area (Å²) in [4.78, 5) is 10.2. The maximum atomic E-state index is 10.6. The molecule has 1 aromatic carbocycles. The van der Waals surface area contributed by atoms with Crippen LogP contribution in [0.25, 0.3) is 0 Å². The summed E-state index contributed by atoms with van der Waals surface area (Å²) in [6.07, 6.45) is 6.72. The number of halogens is 1. The van der Waals surface area contributed by atoms with Crippen LogP contribution in [-0.4, -0.2) is 11.5 Å². The van der Waals surface area contributed by atoms with Crippen LogP contribution >= 0.6 is 11.6 Å². The van der Waals surface area contributed by atoms with Gasteiger partial charge in [0.15, 0.2) is 0 Å². The summed E-state index contributed by atoms with van der Waals surface area (Å²) in [6.45, 7) is 1.27. The second-order valence-electron chi connectivity index (χ2n) is 3.52. The fraction of sp³-hybridized carbons (Fsp3) is 0.333. The first kappa shape index (κ1) is 13.5. The summed E-state index contributed by atoms with van der Waals surface area (Å²) in [6, 6.07) is 4.42. The molecule has 0 heterocycles. The quantitative estimate of drug-likeness (QED) is 0.367. The minimum Gasteiger partial charge on any atom is -0.313 e. The largest absolute Gasteiger partial charge is 0.313 e. The maximum Gasteiger partial charge on any atom is 0.269 e. The van der Waals surface area contributed by atoms with Gasteiger partial charge in [-0.25, -0.2) is 0 Å². The van der Waals surface area contributed by atoms with Gasteiger partial charge in [-0.15, -0.1) is 12.3 Å². The van der Waals surface area contributed by atoms with Crippen molar-refractivity contribution in [2.75, 3.05) is 6.54 Å².